The van der Waals surface area contributed by atoms with Crippen LogP contribution in [0.15, 0.2) is 103 Å². The van der Waals surface area contributed by atoms with Crippen molar-refractivity contribution in [2.24, 2.45) is 0 Å². The predicted octanol–water partition coefficient (Wildman–Crippen LogP) is 6.40. The molecule has 4 rings (SSSR count). The Bertz CT molecular complexity index is 1200. The molecule has 0 saturated heterocycles. The van der Waals surface area contributed by atoms with Crippen molar-refractivity contribution in [3.05, 3.63) is 120 Å². The first-order chi connectivity index (χ1) is 15.6. The Hall–Kier alpha value is -4.18. The van der Waals surface area contributed by atoms with Gasteiger partial charge in [-0.15, -0.1) is 0 Å². The van der Waals surface area contributed by atoms with E-state index in [-0.39, 0.29) is 11.5 Å². The fourth-order valence-corrected chi connectivity index (χ4v) is 4.00. The van der Waals surface area contributed by atoms with Gasteiger partial charge in [-0.05, 0) is 42.8 Å². The lowest BCUT2D eigenvalue weighted by Gasteiger charge is -2.26. The summed E-state index contributed by atoms with van der Waals surface area (Å²) in [6, 6.07) is 32.0. The minimum atomic E-state index is -0.729. The lowest BCUT2D eigenvalue weighted by molar-refractivity contribution is -0.117. The number of carbonyl (C=O) groups excluding carboxylic acids is 2. The Balaban J connectivity index is 1.82. The fraction of sp³-hybridized carbons (Fsp3) is 0.0714. The second-order valence-electron chi connectivity index (χ2n) is 7.54. The summed E-state index contributed by atoms with van der Waals surface area (Å²) in [5.74, 6) is -0.877. The van der Waals surface area contributed by atoms with Gasteiger partial charge in [0, 0.05) is 34.3 Å². The van der Waals surface area contributed by atoms with Gasteiger partial charge < -0.3 is 10.0 Å². The van der Waals surface area contributed by atoms with Crippen LogP contribution in [-0.2, 0) is 4.79 Å². The van der Waals surface area contributed by atoms with Crippen molar-refractivity contribution in [3.8, 4) is 5.75 Å². The van der Waals surface area contributed by atoms with Crippen molar-refractivity contribution >= 4 is 29.1 Å². The molecule has 0 radical (unpaired) electrons. The summed E-state index contributed by atoms with van der Waals surface area (Å²) < 4.78 is 0. The lowest BCUT2D eigenvalue weighted by Crippen LogP contribution is -2.14. The number of anilines is 3. The maximum atomic E-state index is 12.6. The number of benzene rings is 4. The number of ketones is 1. The zero-order chi connectivity index (χ0) is 22.5. The van der Waals surface area contributed by atoms with Gasteiger partial charge in [-0.25, -0.2) is 0 Å². The van der Waals surface area contributed by atoms with Crippen molar-refractivity contribution in [1.29, 1.82) is 0 Å². The average molecular weight is 421 g/mol. The number of hydrogen-bond donors (Lipinski definition) is 1. The first-order valence-corrected chi connectivity index (χ1v) is 10.4. The normalized spacial score (nSPS) is 11.5. The quantitative estimate of drug-likeness (QED) is 0.351. The van der Waals surface area contributed by atoms with Gasteiger partial charge in [-0.3, -0.25) is 9.59 Å². The maximum Gasteiger partial charge on any atom is 0.150 e. The number of phenols is 1. The van der Waals surface area contributed by atoms with Crippen LogP contribution in [0.3, 0.4) is 0 Å². The summed E-state index contributed by atoms with van der Waals surface area (Å²) >= 11 is 0. The zero-order valence-corrected chi connectivity index (χ0v) is 17.7. The lowest BCUT2D eigenvalue weighted by atomic mass is 9.85. The average Bonchev–Trinajstić information content (AvgIpc) is 2.82. The standard InChI is InChI=1S/C28H23NO3/c1-20(31)28(25-15-9-8-10-21(25)19-30)26-17-16-24(18-27(26)32)29(22-11-4-2-5-12-22)23-13-6-3-7-14-23/h2-19,28,32H,1H3. The Morgan fingerprint density at radius 2 is 1.31 bits per heavy atom. The highest BCUT2D eigenvalue weighted by Crippen LogP contribution is 2.40. The van der Waals surface area contributed by atoms with Crippen molar-refractivity contribution in [1.82, 2.24) is 0 Å². The predicted molar refractivity (Wildman–Crippen MR) is 127 cm³/mol. The van der Waals surface area contributed by atoms with Crippen molar-refractivity contribution in [3.63, 3.8) is 0 Å². The molecule has 0 bridgehead atoms. The molecule has 0 amide bonds. The molecule has 0 fully saturated rings. The number of para-hydroxylation sites is 2. The molecule has 0 saturated carbocycles. The van der Waals surface area contributed by atoms with E-state index in [1.807, 2.05) is 71.6 Å². The van der Waals surface area contributed by atoms with Gasteiger partial charge in [0.1, 0.15) is 17.8 Å². The molecule has 0 aliphatic rings. The molecule has 0 spiro atoms. The van der Waals surface area contributed by atoms with E-state index in [2.05, 4.69) is 0 Å². The monoisotopic (exact) mass is 421 g/mol. The summed E-state index contributed by atoms with van der Waals surface area (Å²) in [6.45, 7) is 1.47. The number of nitrogens with zero attached hydrogens (tertiary/aromatic N) is 1. The van der Waals surface area contributed by atoms with Crippen LogP contribution in [-0.4, -0.2) is 17.2 Å². The van der Waals surface area contributed by atoms with E-state index in [0.717, 1.165) is 23.3 Å². The van der Waals surface area contributed by atoms with E-state index in [1.54, 1.807) is 36.4 Å². The van der Waals surface area contributed by atoms with Gasteiger partial charge in [-0.1, -0.05) is 66.7 Å². The molecule has 0 aliphatic carbocycles. The molecular weight excluding hydrogens is 398 g/mol. The number of aldehydes is 1. The van der Waals surface area contributed by atoms with Gasteiger partial charge in [0.25, 0.3) is 0 Å². The molecule has 1 atom stereocenters. The van der Waals surface area contributed by atoms with Gasteiger partial charge in [0.05, 0.1) is 5.92 Å². The van der Waals surface area contributed by atoms with Gasteiger partial charge in [-0.2, -0.15) is 0 Å². The van der Waals surface area contributed by atoms with Gasteiger partial charge >= 0.3 is 0 Å². The molecule has 158 valence electrons. The van der Waals surface area contributed by atoms with Crippen LogP contribution in [0.4, 0.5) is 17.1 Å². The Labute approximate surface area is 187 Å². The Kier molecular flexibility index (Phi) is 6.13. The number of Topliss-reactive ketones (excluding diaryl/α,β-unsaturated/α-hetero) is 1. The molecule has 1 N–H and O–H groups in total. The van der Waals surface area contributed by atoms with Crippen LogP contribution < -0.4 is 4.90 Å². The molecule has 0 aromatic heterocycles. The van der Waals surface area contributed by atoms with Crippen LogP contribution in [0, 0.1) is 0 Å². The van der Waals surface area contributed by atoms with E-state index < -0.39 is 5.92 Å². The maximum absolute atomic E-state index is 12.6. The topological polar surface area (TPSA) is 57.6 Å². The number of rotatable bonds is 7. The summed E-state index contributed by atoms with van der Waals surface area (Å²) in [7, 11) is 0. The highest BCUT2D eigenvalue weighted by atomic mass is 16.3. The number of hydrogen-bond acceptors (Lipinski definition) is 4. The second kappa shape index (κ2) is 9.31. The summed E-state index contributed by atoms with van der Waals surface area (Å²) in [5.41, 5.74) is 4.14. The smallest absolute Gasteiger partial charge is 0.150 e. The third-order valence-corrected chi connectivity index (χ3v) is 5.45. The van der Waals surface area contributed by atoms with Crippen LogP contribution in [0.2, 0.25) is 0 Å². The molecule has 4 heteroatoms. The van der Waals surface area contributed by atoms with Crippen LogP contribution in [0.25, 0.3) is 0 Å². The number of carbonyl (C=O) groups is 2. The minimum absolute atomic E-state index is 0.000245. The molecular formula is C28H23NO3. The molecule has 0 aliphatic heterocycles. The summed E-state index contributed by atoms with van der Waals surface area (Å²) in [4.78, 5) is 26.2. The van der Waals surface area contributed by atoms with Crippen LogP contribution >= 0.6 is 0 Å². The van der Waals surface area contributed by atoms with Crippen molar-refractivity contribution in [2.45, 2.75) is 12.8 Å². The molecule has 4 aromatic rings. The number of phenolic OH excluding ortho intramolecular Hbond substituents is 1. The van der Waals surface area contributed by atoms with E-state index >= 15 is 0 Å². The SMILES string of the molecule is CC(=O)C(c1ccc(N(c2ccccc2)c2ccccc2)cc1O)c1ccccc1C=O. The largest absolute Gasteiger partial charge is 0.508 e. The summed E-state index contributed by atoms with van der Waals surface area (Å²) in [6.07, 6.45) is 0.739. The molecule has 4 nitrogen and oxygen atoms in total. The molecule has 0 heterocycles. The van der Waals surface area contributed by atoms with E-state index in [0.29, 0.717) is 16.7 Å². The molecule has 32 heavy (non-hydrogen) atoms. The number of aromatic hydroxyl groups is 1. The third kappa shape index (κ3) is 4.16. The van der Waals surface area contributed by atoms with Crippen molar-refractivity contribution in [2.75, 3.05) is 4.90 Å². The first kappa shape index (κ1) is 21.1. The highest BCUT2D eigenvalue weighted by Gasteiger charge is 2.25. The van der Waals surface area contributed by atoms with E-state index in [9.17, 15) is 14.7 Å². The van der Waals surface area contributed by atoms with Gasteiger partial charge in [0.2, 0.25) is 0 Å². The Morgan fingerprint density at radius 1 is 0.750 bits per heavy atom. The van der Waals surface area contributed by atoms with E-state index in [4.69, 9.17) is 0 Å². The zero-order valence-electron chi connectivity index (χ0n) is 17.7. The van der Waals surface area contributed by atoms with Crippen molar-refractivity contribution < 1.29 is 14.7 Å². The fourth-order valence-electron chi connectivity index (χ4n) is 4.00. The first-order valence-electron chi connectivity index (χ1n) is 10.4. The van der Waals surface area contributed by atoms with E-state index in [1.165, 1.54) is 6.92 Å². The minimum Gasteiger partial charge on any atom is -0.508 e. The Morgan fingerprint density at radius 3 is 1.84 bits per heavy atom. The third-order valence-electron chi connectivity index (χ3n) is 5.45. The van der Waals surface area contributed by atoms with Crippen LogP contribution in [0.1, 0.15) is 34.3 Å². The summed E-state index contributed by atoms with van der Waals surface area (Å²) in [5, 5.41) is 11.0. The highest BCUT2D eigenvalue weighted by molar-refractivity contribution is 5.91. The molecule has 4 aromatic carbocycles. The van der Waals surface area contributed by atoms with Gasteiger partial charge in [0.15, 0.2) is 0 Å². The second-order valence-corrected chi connectivity index (χ2v) is 7.54. The van der Waals surface area contributed by atoms with Crippen LogP contribution in [0.5, 0.6) is 5.75 Å². The molecule has 1 unspecified atom stereocenters.